The number of carbonyl (C=O) groups is 2. The SMILES string of the molecule is C=C(C)C(C)(F)c1nn(C)cc1/C(=C/c1cc(C(=O)Nc2cc(NC(=O)CN)cnc2C)cnc1C)CCC. The number of anilines is 2. The fourth-order valence-corrected chi connectivity index (χ4v) is 3.97. The van der Waals surface area contributed by atoms with Gasteiger partial charge in [-0.15, -0.1) is 0 Å². The molecular weight excluding hydrogens is 497 g/mol. The molecule has 206 valence electrons. The van der Waals surface area contributed by atoms with Gasteiger partial charge >= 0.3 is 0 Å². The third-order valence-corrected chi connectivity index (χ3v) is 6.46. The largest absolute Gasteiger partial charge is 0.324 e. The Hall–Kier alpha value is -4.18. The van der Waals surface area contributed by atoms with Crippen molar-refractivity contribution in [3.8, 4) is 0 Å². The maximum absolute atomic E-state index is 15.7. The van der Waals surface area contributed by atoms with E-state index in [-0.39, 0.29) is 18.4 Å². The maximum atomic E-state index is 15.7. The molecular formula is C29H36FN7O2. The molecule has 0 spiro atoms. The standard InChI is InChI=1S/C29H36FN7O2/c1-8-9-20(24-16-37(7)36-27(24)29(6,30)17(2)3)10-21-11-22(14-32-18(21)4)28(39)35-25-12-23(15-33-19(25)5)34-26(38)13-31/h10-12,14-16H,2,8-9,13,31H2,1,3-7H3,(H,34,38)(H,35,39)/b20-10+. The lowest BCUT2D eigenvalue weighted by Gasteiger charge is -2.21. The second-order valence-electron chi connectivity index (χ2n) is 9.73. The van der Waals surface area contributed by atoms with Crippen LogP contribution in [0.4, 0.5) is 15.8 Å². The number of nitrogens with two attached hydrogens (primary N) is 1. The average molecular weight is 534 g/mol. The Morgan fingerprint density at radius 1 is 1.18 bits per heavy atom. The predicted octanol–water partition coefficient (Wildman–Crippen LogP) is 5.08. The summed E-state index contributed by atoms with van der Waals surface area (Å²) in [5.41, 5.74) is 9.05. The quantitative estimate of drug-likeness (QED) is 0.312. The summed E-state index contributed by atoms with van der Waals surface area (Å²) in [6, 6.07) is 3.37. The minimum atomic E-state index is -1.80. The van der Waals surface area contributed by atoms with E-state index in [0.29, 0.717) is 45.9 Å². The third-order valence-electron chi connectivity index (χ3n) is 6.46. The zero-order valence-corrected chi connectivity index (χ0v) is 23.4. The molecule has 0 aliphatic rings. The first-order valence-corrected chi connectivity index (χ1v) is 12.7. The van der Waals surface area contributed by atoms with Crippen LogP contribution < -0.4 is 16.4 Å². The van der Waals surface area contributed by atoms with Gasteiger partial charge in [-0.3, -0.25) is 24.2 Å². The van der Waals surface area contributed by atoms with E-state index in [0.717, 1.165) is 23.3 Å². The van der Waals surface area contributed by atoms with Gasteiger partial charge in [-0.05, 0) is 69.0 Å². The van der Waals surface area contributed by atoms with Crippen molar-refractivity contribution in [1.29, 1.82) is 0 Å². The van der Waals surface area contributed by atoms with Gasteiger partial charge in [0.25, 0.3) is 5.91 Å². The summed E-state index contributed by atoms with van der Waals surface area (Å²) < 4.78 is 17.3. The third kappa shape index (κ3) is 6.83. The van der Waals surface area contributed by atoms with Crippen LogP contribution in [0.5, 0.6) is 0 Å². The van der Waals surface area contributed by atoms with Crippen molar-refractivity contribution in [2.45, 2.75) is 53.1 Å². The highest BCUT2D eigenvalue weighted by atomic mass is 19.1. The number of rotatable bonds is 10. The summed E-state index contributed by atoms with van der Waals surface area (Å²) in [6.45, 7) is 12.4. The second-order valence-corrected chi connectivity index (χ2v) is 9.73. The van der Waals surface area contributed by atoms with Crippen LogP contribution in [0.1, 0.15) is 72.2 Å². The molecule has 0 saturated heterocycles. The molecule has 3 aromatic rings. The number of aromatic nitrogens is 4. The number of pyridine rings is 2. The minimum absolute atomic E-state index is 0.167. The van der Waals surface area contributed by atoms with Crippen molar-refractivity contribution in [2.75, 3.05) is 17.2 Å². The van der Waals surface area contributed by atoms with Crippen molar-refractivity contribution in [1.82, 2.24) is 19.7 Å². The number of alkyl halides is 1. The molecule has 0 bridgehead atoms. The molecule has 0 fully saturated rings. The van der Waals surface area contributed by atoms with E-state index in [1.54, 1.807) is 37.7 Å². The molecule has 0 radical (unpaired) electrons. The predicted molar refractivity (Wildman–Crippen MR) is 153 cm³/mol. The summed E-state index contributed by atoms with van der Waals surface area (Å²) in [7, 11) is 1.76. The van der Waals surface area contributed by atoms with Gasteiger partial charge in [-0.1, -0.05) is 19.9 Å². The number of hydrogen-bond donors (Lipinski definition) is 3. The van der Waals surface area contributed by atoms with Crippen LogP contribution in [0, 0.1) is 13.8 Å². The van der Waals surface area contributed by atoms with E-state index >= 15 is 4.39 Å². The van der Waals surface area contributed by atoms with Gasteiger partial charge < -0.3 is 16.4 Å². The highest BCUT2D eigenvalue weighted by Gasteiger charge is 2.33. The Morgan fingerprint density at radius 2 is 1.87 bits per heavy atom. The second kappa shape index (κ2) is 12.1. The first kappa shape index (κ1) is 29.4. The number of hydrogen-bond acceptors (Lipinski definition) is 6. The molecule has 0 aliphatic carbocycles. The van der Waals surface area contributed by atoms with Crippen molar-refractivity contribution >= 4 is 34.8 Å². The Morgan fingerprint density at radius 3 is 2.51 bits per heavy atom. The van der Waals surface area contributed by atoms with E-state index in [4.69, 9.17) is 5.73 Å². The van der Waals surface area contributed by atoms with Crippen LogP contribution in [0.25, 0.3) is 11.6 Å². The zero-order chi connectivity index (χ0) is 28.9. The van der Waals surface area contributed by atoms with Gasteiger partial charge in [0.2, 0.25) is 5.91 Å². The monoisotopic (exact) mass is 533 g/mol. The molecule has 3 aromatic heterocycles. The molecule has 9 nitrogen and oxygen atoms in total. The zero-order valence-electron chi connectivity index (χ0n) is 23.4. The molecule has 2 amide bonds. The first-order valence-electron chi connectivity index (χ1n) is 12.7. The Labute approximate surface area is 228 Å². The van der Waals surface area contributed by atoms with E-state index in [1.165, 1.54) is 19.3 Å². The number of carbonyl (C=O) groups excluding carboxylic acids is 2. The summed E-state index contributed by atoms with van der Waals surface area (Å²) in [5, 5.41) is 9.89. The van der Waals surface area contributed by atoms with E-state index in [1.807, 2.05) is 26.1 Å². The fourth-order valence-electron chi connectivity index (χ4n) is 3.97. The van der Waals surface area contributed by atoms with Crippen molar-refractivity contribution in [2.24, 2.45) is 12.8 Å². The molecule has 3 rings (SSSR count). The Bertz CT molecular complexity index is 1440. The topological polar surface area (TPSA) is 128 Å². The molecule has 1 atom stereocenters. The molecule has 10 heteroatoms. The number of nitrogens with zero attached hydrogens (tertiary/aromatic N) is 4. The first-order chi connectivity index (χ1) is 18.4. The lowest BCUT2D eigenvalue weighted by atomic mass is 9.89. The van der Waals surface area contributed by atoms with Crippen LogP contribution in [-0.4, -0.2) is 38.1 Å². The molecule has 0 aromatic carbocycles. The van der Waals surface area contributed by atoms with Crippen LogP contribution in [0.3, 0.4) is 0 Å². The van der Waals surface area contributed by atoms with Gasteiger partial charge in [0.15, 0.2) is 5.67 Å². The van der Waals surface area contributed by atoms with Crippen molar-refractivity contribution in [3.63, 3.8) is 0 Å². The van der Waals surface area contributed by atoms with Gasteiger partial charge in [0.05, 0.1) is 35.4 Å². The summed E-state index contributed by atoms with van der Waals surface area (Å²) >= 11 is 0. The van der Waals surface area contributed by atoms with Crippen LogP contribution in [-0.2, 0) is 17.5 Å². The van der Waals surface area contributed by atoms with Crippen molar-refractivity contribution in [3.05, 3.63) is 76.6 Å². The summed E-state index contributed by atoms with van der Waals surface area (Å²) in [4.78, 5) is 33.5. The summed E-state index contributed by atoms with van der Waals surface area (Å²) in [5.74, 6) is -0.754. The van der Waals surface area contributed by atoms with Crippen LogP contribution in [0.15, 0.2) is 42.9 Å². The lowest BCUT2D eigenvalue weighted by Crippen LogP contribution is -2.22. The number of halogens is 1. The average Bonchev–Trinajstić information content (AvgIpc) is 3.29. The highest BCUT2D eigenvalue weighted by Crippen LogP contribution is 2.38. The van der Waals surface area contributed by atoms with Gasteiger partial charge in [-0.25, -0.2) is 4.39 Å². The molecule has 0 saturated carbocycles. The molecule has 3 heterocycles. The van der Waals surface area contributed by atoms with Crippen molar-refractivity contribution < 1.29 is 14.0 Å². The Kier molecular flexibility index (Phi) is 9.13. The summed E-state index contributed by atoms with van der Waals surface area (Å²) in [6.07, 6.45) is 8.24. The lowest BCUT2D eigenvalue weighted by molar-refractivity contribution is -0.114. The molecule has 39 heavy (non-hydrogen) atoms. The van der Waals surface area contributed by atoms with Crippen LogP contribution >= 0.6 is 0 Å². The molecule has 0 aliphatic heterocycles. The van der Waals surface area contributed by atoms with E-state index in [2.05, 4.69) is 32.3 Å². The normalized spacial score (nSPS) is 13.1. The van der Waals surface area contributed by atoms with Gasteiger partial charge in [0, 0.05) is 30.7 Å². The molecule has 1 unspecified atom stereocenters. The smallest absolute Gasteiger partial charge is 0.257 e. The number of amides is 2. The van der Waals surface area contributed by atoms with Crippen LogP contribution in [0.2, 0.25) is 0 Å². The Balaban J connectivity index is 1.99. The fraction of sp³-hybridized carbons (Fsp3) is 0.345. The van der Waals surface area contributed by atoms with Gasteiger partial charge in [0.1, 0.15) is 5.69 Å². The highest BCUT2D eigenvalue weighted by molar-refractivity contribution is 6.05. The number of allylic oxidation sites excluding steroid dienone is 2. The molecule has 4 N–H and O–H groups in total. The number of nitrogens with one attached hydrogen (secondary N) is 2. The van der Waals surface area contributed by atoms with E-state index in [9.17, 15) is 9.59 Å². The van der Waals surface area contributed by atoms with E-state index < -0.39 is 5.67 Å². The maximum Gasteiger partial charge on any atom is 0.257 e. The minimum Gasteiger partial charge on any atom is -0.324 e. The number of aryl methyl sites for hydroxylation is 3. The van der Waals surface area contributed by atoms with Gasteiger partial charge in [-0.2, -0.15) is 5.10 Å².